The van der Waals surface area contributed by atoms with E-state index in [0.29, 0.717) is 0 Å². The first kappa shape index (κ1) is 19.8. The van der Waals surface area contributed by atoms with Crippen molar-refractivity contribution in [1.29, 1.82) is 0 Å². The SMILES string of the molecule is C(=C/P(c1ccccc1)c1ccccc1)/CP(c1ccccc1)c1ccccc1. The lowest BCUT2D eigenvalue weighted by Crippen LogP contribution is -2.13. The third-order valence-electron chi connectivity index (χ3n) is 4.75. The van der Waals surface area contributed by atoms with Gasteiger partial charge < -0.3 is 0 Å². The quantitative estimate of drug-likeness (QED) is 0.340. The molecule has 0 N–H and O–H groups in total. The van der Waals surface area contributed by atoms with Crippen molar-refractivity contribution >= 4 is 37.1 Å². The van der Waals surface area contributed by atoms with Gasteiger partial charge in [0.1, 0.15) is 0 Å². The first-order valence-electron chi connectivity index (χ1n) is 9.85. The summed E-state index contributed by atoms with van der Waals surface area (Å²) in [6.45, 7) is 0. The molecule has 29 heavy (non-hydrogen) atoms. The minimum atomic E-state index is -0.490. The standard InChI is InChI=1S/C27H24P2/c1-5-14-24(15-6-1)28(25-16-7-2-8-17-25)22-13-23-29(26-18-9-3-10-19-26)27-20-11-4-12-21-27/h1-22H,23H2/b22-13-. The molecule has 0 atom stereocenters. The molecule has 0 aliphatic carbocycles. The number of hydrogen-bond acceptors (Lipinski definition) is 0. The third-order valence-corrected chi connectivity index (χ3v) is 9.38. The highest BCUT2D eigenvalue weighted by Crippen LogP contribution is 2.38. The Morgan fingerprint density at radius 1 is 0.448 bits per heavy atom. The molecule has 4 rings (SSSR count). The second kappa shape index (κ2) is 10.3. The van der Waals surface area contributed by atoms with Crippen LogP contribution in [0.25, 0.3) is 0 Å². The molecule has 0 heterocycles. The lowest BCUT2D eigenvalue weighted by Gasteiger charge is -2.18. The molecular formula is C27H24P2. The molecule has 0 amide bonds. The van der Waals surface area contributed by atoms with Crippen LogP contribution in [0.5, 0.6) is 0 Å². The van der Waals surface area contributed by atoms with E-state index in [4.69, 9.17) is 0 Å². The molecule has 0 radical (unpaired) electrons. The monoisotopic (exact) mass is 410 g/mol. The van der Waals surface area contributed by atoms with Crippen molar-refractivity contribution in [3.63, 3.8) is 0 Å². The Kier molecular flexibility index (Phi) is 7.03. The van der Waals surface area contributed by atoms with Crippen molar-refractivity contribution in [2.45, 2.75) is 0 Å². The summed E-state index contributed by atoms with van der Waals surface area (Å²) in [7, 11) is -0.885. The zero-order chi connectivity index (χ0) is 19.7. The Hall–Kier alpha value is -2.52. The Labute approximate surface area is 176 Å². The van der Waals surface area contributed by atoms with Gasteiger partial charge in [-0.05, 0) is 43.2 Å². The number of rotatable bonds is 7. The normalized spacial score (nSPS) is 11.4. The highest BCUT2D eigenvalue weighted by molar-refractivity contribution is 7.76. The molecule has 142 valence electrons. The molecule has 0 saturated heterocycles. The van der Waals surface area contributed by atoms with Crippen LogP contribution in [0, 0.1) is 0 Å². The summed E-state index contributed by atoms with van der Waals surface area (Å²) >= 11 is 0. The van der Waals surface area contributed by atoms with Gasteiger partial charge in [-0.25, -0.2) is 0 Å². The molecular weight excluding hydrogens is 386 g/mol. The van der Waals surface area contributed by atoms with Crippen LogP contribution in [0.4, 0.5) is 0 Å². The van der Waals surface area contributed by atoms with Gasteiger partial charge in [-0.1, -0.05) is 133 Å². The van der Waals surface area contributed by atoms with Gasteiger partial charge >= 0.3 is 0 Å². The van der Waals surface area contributed by atoms with E-state index in [-0.39, 0.29) is 0 Å². The predicted octanol–water partition coefficient (Wildman–Crippen LogP) is 5.77. The smallest absolute Gasteiger partial charge is 0.00605 e. The summed E-state index contributed by atoms with van der Waals surface area (Å²) in [4.78, 5) is 0. The van der Waals surface area contributed by atoms with Gasteiger partial charge in [0, 0.05) is 0 Å². The minimum absolute atomic E-state index is 0.396. The van der Waals surface area contributed by atoms with Gasteiger partial charge in [-0.3, -0.25) is 0 Å². The maximum Gasteiger partial charge on any atom is -0.00605 e. The van der Waals surface area contributed by atoms with Crippen molar-refractivity contribution in [2.24, 2.45) is 0 Å². The van der Waals surface area contributed by atoms with Crippen LogP contribution >= 0.6 is 15.8 Å². The van der Waals surface area contributed by atoms with Crippen LogP contribution in [0.2, 0.25) is 0 Å². The number of hydrogen-bond donors (Lipinski definition) is 0. The van der Waals surface area contributed by atoms with Crippen LogP contribution < -0.4 is 21.2 Å². The molecule has 0 aromatic heterocycles. The maximum absolute atomic E-state index is 2.45. The summed E-state index contributed by atoms with van der Waals surface area (Å²) in [6.07, 6.45) is 3.47. The van der Waals surface area contributed by atoms with Crippen molar-refractivity contribution < 1.29 is 0 Å². The maximum atomic E-state index is 2.45. The van der Waals surface area contributed by atoms with E-state index in [0.717, 1.165) is 6.16 Å². The second-order valence-corrected chi connectivity index (χ2v) is 11.0. The molecule has 0 bridgehead atoms. The topological polar surface area (TPSA) is 0 Å². The van der Waals surface area contributed by atoms with Gasteiger partial charge in [0.2, 0.25) is 0 Å². The van der Waals surface area contributed by atoms with Crippen LogP contribution in [-0.2, 0) is 0 Å². The van der Waals surface area contributed by atoms with Gasteiger partial charge in [0.05, 0.1) is 0 Å². The summed E-state index contributed by atoms with van der Waals surface area (Å²) in [5.74, 6) is 2.45. The van der Waals surface area contributed by atoms with Crippen molar-refractivity contribution in [3.05, 3.63) is 133 Å². The van der Waals surface area contributed by atoms with Gasteiger partial charge in [-0.2, -0.15) is 0 Å². The molecule has 4 aromatic rings. The van der Waals surface area contributed by atoms with E-state index in [9.17, 15) is 0 Å². The number of allylic oxidation sites excluding steroid dienone is 1. The third kappa shape index (κ3) is 5.30. The first-order valence-corrected chi connectivity index (χ1v) is 12.8. The fraction of sp³-hybridized carbons (Fsp3) is 0.0370. The molecule has 0 spiro atoms. The highest BCUT2D eigenvalue weighted by atomic mass is 31.1. The average molecular weight is 410 g/mol. The fourth-order valence-corrected chi connectivity index (χ4v) is 7.54. The van der Waals surface area contributed by atoms with Crippen LogP contribution in [0.15, 0.2) is 133 Å². The summed E-state index contributed by atoms with van der Waals surface area (Å²) in [5, 5.41) is 5.66. The van der Waals surface area contributed by atoms with Crippen molar-refractivity contribution in [1.82, 2.24) is 0 Å². The predicted molar refractivity (Wildman–Crippen MR) is 132 cm³/mol. The van der Waals surface area contributed by atoms with Crippen molar-refractivity contribution in [3.8, 4) is 0 Å². The van der Waals surface area contributed by atoms with Gasteiger partial charge in [0.25, 0.3) is 0 Å². The fourth-order valence-electron chi connectivity index (χ4n) is 3.33. The zero-order valence-corrected chi connectivity index (χ0v) is 18.1. The second-order valence-electron chi connectivity index (χ2n) is 6.71. The molecule has 0 aliphatic heterocycles. The molecule has 0 fully saturated rings. The lowest BCUT2D eigenvalue weighted by molar-refractivity contribution is 1.70. The van der Waals surface area contributed by atoms with Gasteiger partial charge in [-0.15, -0.1) is 0 Å². The first-order chi connectivity index (χ1) is 14.4. The molecule has 4 aromatic carbocycles. The Bertz CT molecular complexity index is 934. The highest BCUT2D eigenvalue weighted by Gasteiger charge is 2.13. The summed E-state index contributed by atoms with van der Waals surface area (Å²) in [5.41, 5.74) is 0. The van der Waals surface area contributed by atoms with E-state index in [1.165, 1.54) is 21.2 Å². The van der Waals surface area contributed by atoms with Crippen molar-refractivity contribution in [2.75, 3.05) is 6.16 Å². The Morgan fingerprint density at radius 2 is 0.793 bits per heavy atom. The van der Waals surface area contributed by atoms with Gasteiger partial charge in [0.15, 0.2) is 0 Å². The van der Waals surface area contributed by atoms with E-state index >= 15 is 0 Å². The molecule has 0 nitrogen and oxygen atoms in total. The van der Waals surface area contributed by atoms with Crippen LogP contribution in [0.1, 0.15) is 0 Å². The lowest BCUT2D eigenvalue weighted by atomic mass is 10.4. The number of benzene rings is 4. The van der Waals surface area contributed by atoms with Crippen LogP contribution in [0.3, 0.4) is 0 Å². The zero-order valence-electron chi connectivity index (χ0n) is 16.3. The minimum Gasteiger partial charge on any atom is -0.0785 e. The van der Waals surface area contributed by atoms with Crippen LogP contribution in [-0.4, -0.2) is 6.16 Å². The molecule has 0 saturated carbocycles. The Morgan fingerprint density at radius 3 is 1.17 bits per heavy atom. The molecule has 0 aliphatic rings. The molecule has 0 unspecified atom stereocenters. The van der Waals surface area contributed by atoms with E-state index < -0.39 is 15.8 Å². The Balaban J connectivity index is 1.62. The molecule has 2 heteroatoms. The van der Waals surface area contributed by atoms with E-state index in [2.05, 4.69) is 133 Å². The largest absolute Gasteiger partial charge is 0.0785 e. The van der Waals surface area contributed by atoms with E-state index in [1.807, 2.05) is 0 Å². The van der Waals surface area contributed by atoms with E-state index in [1.54, 1.807) is 0 Å². The average Bonchev–Trinajstić information content (AvgIpc) is 2.81. The summed E-state index contributed by atoms with van der Waals surface area (Å²) in [6, 6.07) is 43.6. The summed E-state index contributed by atoms with van der Waals surface area (Å²) < 4.78 is 0.